The van der Waals surface area contributed by atoms with Crippen LogP contribution < -0.4 is 10.2 Å². The number of carbonyl (C=O) groups is 1. The van der Waals surface area contributed by atoms with Crippen LogP contribution in [0.25, 0.3) is 0 Å². The van der Waals surface area contributed by atoms with E-state index in [2.05, 4.69) is 31.3 Å². The first-order valence-electron chi connectivity index (χ1n) is 24.2. The lowest BCUT2D eigenvalue weighted by atomic mass is 10.0. The van der Waals surface area contributed by atoms with Crippen LogP contribution in [0.4, 0.5) is 0 Å². The number of phosphoric ester groups is 1. The molecule has 0 bridgehead atoms. The lowest BCUT2D eigenvalue weighted by Crippen LogP contribution is -2.45. The van der Waals surface area contributed by atoms with E-state index in [9.17, 15) is 19.4 Å². The maximum atomic E-state index is 12.8. The highest BCUT2D eigenvalue weighted by atomic mass is 31.2. The number of phosphoric acid groups is 1. The minimum absolute atomic E-state index is 0.00449. The summed E-state index contributed by atoms with van der Waals surface area (Å²) < 4.78 is 23.1. The molecule has 0 aliphatic heterocycles. The van der Waals surface area contributed by atoms with Crippen molar-refractivity contribution in [3.8, 4) is 0 Å². The maximum absolute atomic E-state index is 12.8. The highest BCUT2D eigenvalue weighted by Gasteiger charge is 2.23. The number of hydrogen-bond donors (Lipinski definition) is 2. The molecule has 0 fully saturated rings. The fourth-order valence-corrected chi connectivity index (χ4v) is 7.77. The summed E-state index contributed by atoms with van der Waals surface area (Å²) in [7, 11) is 1.25. The van der Waals surface area contributed by atoms with E-state index in [0.29, 0.717) is 17.4 Å². The fourth-order valence-electron chi connectivity index (χ4n) is 7.05. The molecule has 9 heteroatoms. The van der Waals surface area contributed by atoms with E-state index in [4.69, 9.17) is 9.05 Å². The Labute approximate surface area is 354 Å². The zero-order valence-corrected chi connectivity index (χ0v) is 39.2. The first-order chi connectivity index (χ1) is 27.5. The average molecular weight is 827 g/mol. The number of nitrogens with zero attached hydrogens (tertiary/aromatic N) is 1. The van der Waals surface area contributed by atoms with Crippen molar-refractivity contribution in [2.24, 2.45) is 0 Å². The molecule has 0 heterocycles. The van der Waals surface area contributed by atoms with Crippen LogP contribution in [-0.2, 0) is 18.4 Å². The topological polar surface area (TPSA) is 108 Å². The summed E-state index contributed by atoms with van der Waals surface area (Å²) in [5.74, 6) is -0.210. The number of hydrogen-bond acceptors (Lipinski definition) is 6. The second-order valence-electron chi connectivity index (χ2n) is 17.8. The van der Waals surface area contributed by atoms with Gasteiger partial charge in [0.1, 0.15) is 13.2 Å². The zero-order valence-electron chi connectivity index (χ0n) is 38.3. The Hall–Kier alpha value is -1.02. The van der Waals surface area contributed by atoms with Gasteiger partial charge < -0.3 is 28.8 Å². The van der Waals surface area contributed by atoms with Crippen molar-refractivity contribution in [3.63, 3.8) is 0 Å². The number of rotatable bonds is 44. The molecule has 0 aromatic carbocycles. The van der Waals surface area contributed by atoms with E-state index in [1.807, 2.05) is 27.2 Å². The number of nitrogens with one attached hydrogen (secondary N) is 1. The summed E-state index contributed by atoms with van der Waals surface area (Å²) in [6, 6.07) is -0.897. The van der Waals surface area contributed by atoms with Crippen molar-refractivity contribution in [2.75, 3.05) is 40.9 Å². The largest absolute Gasteiger partial charge is 0.756 e. The lowest BCUT2D eigenvalue weighted by molar-refractivity contribution is -0.870. The molecule has 8 nitrogen and oxygen atoms in total. The Morgan fingerprint density at radius 1 is 0.596 bits per heavy atom. The Bertz CT molecular complexity index is 984. The molecule has 3 unspecified atom stereocenters. The number of aliphatic hydroxyl groups is 1. The number of allylic oxidation sites excluding steroid dienone is 3. The summed E-state index contributed by atoms with van der Waals surface area (Å²) in [6.45, 7) is 4.61. The fraction of sp³-hybridized carbons (Fsp3) is 0.896. The van der Waals surface area contributed by atoms with Crippen LogP contribution in [0.15, 0.2) is 24.3 Å². The normalized spacial score (nSPS) is 14.4. The molecule has 0 rings (SSSR count). The number of quaternary nitrogens is 1. The minimum Gasteiger partial charge on any atom is -0.756 e. The van der Waals surface area contributed by atoms with Crippen LogP contribution in [0, 0.1) is 0 Å². The van der Waals surface area contributed by atoms with Gasteiger partial charge in [-0.15, -0.1) is 0 Å². The van der Waals surface area contributed by atoms with E-state index < -0.39 is 20.0 Å². The van der Waals surface area contributed by atoms with Crippen LogP contribution in [0.2, 0.25) is 0 Å². The van der Waals surface area contributed by atoms with Gasteiger partial charge in [-0.25, -0.2) is 0 Å². The van der Waals surface area contributed by atoms with Gasteiger partial charge in [-0.05, 0) is 32.1 Å². The summed E-state index contributed by atoms with van der Waals surface area (Å²) >= 11 is 0. The molecule has 0 aromatic heterocycles. The minimum atomic E-state index is -4.59. The van der Waals surface area contributed by atoms with Crippen LogP contribution in [0.3, 0.4) is 0 Å². The van der Waals surface area contributed by atoms with E-state index >= 15 is 0 Å². The molecule has 57 heavy (non-hydrogen) atoms. The second kappa shape index (κ2) is 40.4. The third kappa shape index (κ3) is 42.9. The number of unbranched alkanes of at least 4 members (excludes halogenated alkanes) is 29. The van der Waals surface area contributed by atoms with Crippen molar-refractivity contribution in [3.05, 3.63) is 24.3 Å². The van der Waals surface area contributed by atoms with E-state index in [1.165, 1.54) is 167 Å². The molecule has 3 atom stereocenters. The molecule has 1 amide bonds. The summed E-state index contributed by atoms with van der Waals surface area (Å²) in [4.78, 5) is 25.2. The SMILES string of the molecule is CCCCCCCCCCCCCCCCCCCCCC/C=C/CC/C=C/C(O)C(COP(=O)([O-])OCC[N+](C)(C)C)NC(=O)CCCCCCCCCCC. The van der Waals surface area contributed by atoms with Crippen LogP contribution in [0.1, 0.15) is 226 Å². The third-order valence-corrected chi connectivity index (χ3v) is 11.9. The Morgan fingerprint density at radius 3 is 1.42 bits per heavy atom. The van der Waals surface area contributed by atoms with Crippen LogP contribution in [-0.4, -0.2) is 68.5 Å². The first-order valence-corrected chi connectivity index (χ1v) is 25.7. The monoisotopic (exact) mass is 827 g/mol. The Morgan fingerprint density at radius 2 is 0.982 bits per heavy atom. The van der Waals surface area contributed by atoms with Crippen LogP contribution >= 0.6 is 7.82 Å². The van der Waals surface area contributed by atoms with Gasteiger partial charge in [-0.1, -0.05) is 212 Å². The Balaban J connectivity index is 4.20. The predicted molar refractivity (Wildman–Crippen MR) is 242 cm³/mol. The van der Waals surface area contributed by atoms with Crippen molar-refractivity contribution in [1.82, 2.24) is 5.32 Å². The molecule has 0 aliphatic carbocycles. The van der Waals surface area contributed by atoms with E-state index in [0.717, 1.165) is 38.5 Å². The average Bonchev–Trinajstić information content (AvgIpc) is 3.16. The Kier molecular flexibility index (Phi) is 39.7. The van der Waals surface area contributed by atoms with Crippen molar-refractivity contribution < 1.29 is 32.9 Å². The van der Waals surface area contributed by atoms with Crippen molar-refractivity contribution in [1.29, 1.82) is 0 Å². The molecule has 0 spiro atoms. The van der Waals surface area contributed by atoms with Gasteiger partial charge in [-0.2, -0.15) is 0 Å². The predicted octanol–water partition coefficient (Wildman–Crippen LogP) is 13.1. The lowest BCUT2D eigenvalue weighted by Gasteiger charge is -2.29. The van der Waals surface area contributed by atoms with Crippen LogP contribution in [0.5, 0.6) is 0 Å². The molecule has 338 valence electrons. The number of carbonyl (C=O) groups excluding carboxylic acids is 1. The molecular formula is C48H95N2O6P. The van der Waals surface area contributed by atoms with E-state index in [-0.39, 0.29) is 19.1 Å². The highest BCUT2D eigenvalue weighted by molar-refractivity contribution is 7.45. The van der Waals surface area contributed by atoms with Gasteiger partial charge >= 0.3 is 0 Å². The molecule has 0 radical (unpaired) electrons. The number of aliphatic hydroxyl groups excluding tert-OH is 1. The maximum Gasteiger partial charge on any atom is 0.268 e. The van der Waals surface area contributed by atoms with Crippen molar-refractivity contribution >= 4 is 13.7 Å². The van der Waals surface area contributed by atoms with Gasteiger partial charge in [0.25, 0.3) is 7.82 Å². The number of amides is 1. The quantitative estimate of drug-likeness (QED) is 0.0274. The standard InChI is InChI=1S/C48H95N2O6P/c1-6-8-10-12-14-16-17-18-19-20-21-22-23-24-25-26-27-28-29-30-31-32-34-35-37-39-41-47(51)46(45-56-57(53,54)55-44-43-50(3,4)5)49-48(52)42-40-38-36-33-15-13-11-9-7-2/h32,34,39,41,46-47,51H,6-31,33,35-38,40,42-45H2,1-5H3,(H-,49,52,53,54)/b34-32+,41-39+. The summed E-state index contributed by atoms with van der Waals surface area (Å²) in [5, 5.41) is 13.7. The van der Waals surface area contributed by atoms with Gasteiger partial charge in [0, 0.05) is 6.42 Å². The molecule has 2 N–H and O–H groups in total. The summed E-state index contributed by atoms with van der Waals surface area (Å²) in [6.07, 6.45) is 48.3. The van der Waals surface area contributed by atoms with Gasteiger partial charge in [-0.3, -0.25) is 9.36 Å². The van der Waals surface area contributed by atoms with Gasteiger partial charge in [0.2, 0.25) is 5.91 Å². The molecule has 0 saturated heterocycles. The molecule has 0 aliphatic rings. The molecule has 0 saturated carbocycles. The third-order valence-electron chi connectivity index (χ3n) is 10.9. The van der Waals surface area contributed by atoms with Gasteiger partial charge in [0.05, 0.1) is 39.9 Å². The zero-order chi connectivity index (χ0) is 42.1. The first kappa shape index (κ1) is 56.0. The second-order valence-corrected chi connectivity index (χ2v) is 19.2. The molecular weight excluding hydrogens is 732 g/mol. The highest BCUT2D eigenvalue weighted by Crippen LogP contribution is 2.38. The van der Waals surface area contributed by atoms with E-state index in [1.54, 1.807) is 6.08 Å². The summed E-state index contributed by atoms with van der Waals surface area (Å²) in [5.41, 5.74) is 0. The number of likely N-dealkylation sites (N-methyl/N-ethyl adjacent to an activating group) is 1. The van der Waals surface area contributed by atoms with Gasteiger partial charge in [0.15, 0.2) is 0 Å². The van der Waals surface area contributed by atoms with Crippen molar-refractivity contribution in [2.45, 2.75) is 238 Å². The molecule has 0 aromatic rings. The smallest absolute Gasteiger partial charge is 0.268 e.